The first-order chi connectivity index (χ1) is 7.79. The molecule has 0 spiro atoms. The molecule has 0 atom stereocenters. The van der Waals surface area contributed by atoms with Crippen LogP contribution in [0.25, 0.3) is 0 Å². The van der Waals surface area contributed by atoms with Crippen molar-refractivity contribution in [3.8, 4) is 5.75 Å². The second-order valence-corrected chi connectivity index (χ2v) is 4.48. The molecule has 1 nitrogen and oxygen atoms in total. The summed E-state index contributed by atoms with van der Waals surface area (Å²) in [5.74, 6) is 0.488. The van der Waals surface area contributed by atoms with Gasteiger partial charge in [0.1, 0.15) is 5.75 Å². The number of rotatable bonds is 7. The highest BCUT2D eigenvalue weighted by Gasteiger charge is 2.06. The van der Waals surface area contributed by atoms with E-state index < -0.39 is 0 Å². The fraction of sp³-hybridized carbons (Fsp3) is 0.600. The molecule has 0 unspecified atom stereocenters. The number of aromatic hydroxyl groups is 1. The summed E-state index contributed by atoms with van der Waals surface area (Å²) < 4.78 is 0. The lowest BCUT2D eigenvalue weighted by Gasteiger charge is -2.10. The lowest BCUT2D eigenvalue weighted by atomic mass is 9.97. The number of benzene rings is 1. The Balaban J connectivity index is 2.68. The predicted molar refractivity (Wildman–Crippen MR) is 69.9 cm³/mol. The lowest BCUT2D eigenvalue weighted by molar-refractivity contribution is 0.465. The Morgan fingerprint density at radius 1 is 0.938 bits per heavy atom. The Labute approximate surface area is 99.5 Å². The molecule has 0 saturated carbocycles. The Hall–Kier alpha value is -0.980. The van der Waals surface area contributed by atoms with E-state index in [9.17, 15) is 5.11 Å². The molecule has 0 saturated heterocycles. The van der Waals surface area contributed by atoms with Gasteiger partial charge in [0.2, 0.25) is 0 Å². The second kappa shape index (κ2) is 7.32. The zero-order valence-corrected chi connectivity index (χ0v) is 10.6. The van der Waals surface area contributed by atoms with E-state index in [0.717, 1.165) is 12.8 Å². The number of phenolic OH excluding ortho intramolecular Hbond substituents is 1. The highest BCUT2D eigenvalue weighted by atomic mass is 16.3. The normalized spacial score (nSPS) is 10.6. The number of hydrogen-bond acceptors (Lipinski definition) is 1. The zero-order chi connectivity index (χ0) is 11.8. The molecule has 0 aliphatic rings. The SMILES string of the molecule is CCCCCc1cccc(O)c1CCCC. The van der Waals surface area contributed by atoms with Crippen LogP contribution in [-0.2, 0) is 12.8 Å². The maximum atomic E-state index is 9.87. The van der Waals surface area contributed by atoms with Crippen LogP contribution in [0.3, 0.4) is 0 Å². The second-order valence-electron chi connectivity index (χ2n) is 4.48. The topological polar surface area (TPSA) is 20.2 Å². The summed E-state index contributed by atoms with van der Waals surface area (Å²) in [5, 5.41) is 9.87. The van der Waals surface area contributed by atoms with Crippen LogP contribution < -0.4 is 0 Å². The predicted octanol–water partition coefficient (Wildman–Crippen LogP) is 4.47. The van der Waals surface area contributed by atoms with Gasteiger partial charge in [-0.25, -0.2) is 0 Å². The molecule has 0 aliphatic heterocycles. The summed E-state index contributed by atoms with van der Waals surface area (Å²) >= 11 is 0. The van der Waals surface area contributed by atoms with E-state index in [0.29, 0.717) is 5.75 Å². The lowest BCUT2D eigenvalue weighted by Crippen LogP contribution is -1.95. The van der Waals surface area contributed by atoms with Crippen molar-refractivity contribution in [1.82, 2.24) is 0 Å². The molecular weight excluding hydrogens is 196 g/mol. The van der Waals surface area contributed by atoms with Gasteiger partial charge in [-0.3, -0.25) is 0 Å². The zero-order valence-electron chi connectivity index (χ0n) is 10.6. The van der Waals surface area contributed by atoms with Gasteiger partial charge in [-0.05, 0) is 42.9 Å². The van der Waals surface area contributed by atoms with Gasteiger partial charge in [0.25, 0.3) is 0 Å². The summed E-state index contributed by atoms with van der Waals surface area (Å²) in [6.07, 6.45) is 8.25. The van der Waals surface area contributed by atoms with Crippen molar-refractivity contribution >= 4 is 0 Å². The molecule has 0 amide bonds. The molecule has 1 heteroatoms. The van der Waals surface area contributed by atoms with E-state index >= 15 is 0 Å². The summed E-state index contributed by atoms with van der Waals surface area (Å²) in [6.45, 7) is 4.41. The van der Waals surface area contributed by atoms with Crippen LogP contribution in [0.1, 0.15) is 57.1 Å². The highest BCUT2D eigenvalue weighted by molar-refractivity contribution is 5.39. The number of phenols is 1. The summed E-state index contributed by atoms with van der Waals surface area (Å²) in [7, 11) is 0. The average Bonchev–Trinajstić information content (AvgIpc) is 2.28. The van der Waals surface area contributed by atoms with Crippen molar-refractivity contribution in [3.63, 3.8) is 0 Å². The van der Waals surface area contributed by atoms with Crippen molar-refractivity contribution in [2.24, 2.45) is 0 Å². The molecule has 0 aliphatic carbocycles. The maximum absolute atomic E-state index is 9.87. The van der Waals surface area contributed by atoms with Crippen LogP contribution >= 0.6 is 0 Å². The van der Waals surface area contributed by atoms with E-state index in [4.69, 9.17) is 0 Å². The molecule has 1 rings (SSSR count). The molecule has 90 valence electrons. The molecular formula is C15H24O. The first-order valence-electron chi connectivity index (χ1n) is 6.59. The van der Waals surface area contributed by atoms with Gasteiger partial charge in [-0.15, -0.1) is 0 Å². The molecule has 0 radical (unpaired) electrons. The minimum Gasteiger partial charge on any atom is -0.508 e. The van der Waals surface area contributed by atoms with Crippen LogP contribution in [0.15, 0.2) is 18.2 Å². The van der Waals surface area contributed by atoms with Crippen LogP contribution in [-0.4, -0.2) is 5.11 Å². The van der Waals surface area contributed by atoms with Crippen LogP contribution in [0.4, 0.5) is 0 Å². The fourth-order valence-corrected chi connectivity index (χ4v) is 2.06. The van der Waals surface area contributed by atoms with E-state index in [1.807, 2.05) is 12.1 Å². The minimum atomic E-state index is 0.488. The smallest absolute Gasteiger partial charge is 0.119 e. The molecule has 1 N–H and O–H groups in total. The summed E-state index contributed by atoms with van der Waals surface area (Å²) in [5.41, 5.74) is 2.53. The monoisotopic (exact) mass is 220 g/mol. The number of aryl methyl sites for hydroxylation is 1. The van der Waals surface area contributed by atoms with Crippen molar-refractivity contribution in [2.45, 2.75) is 58.8 Å². The first-order valence-corrected chi connectivity index (χ1v) is 6.59. The van der Waals surface area contributed by atoms with Gasteiger partial charge in [0, 0.05) is 0 Å². The Kier molecular flexibility index (Phi) is 5.99. The van der Waals surface area contributed by atoms with Gasteiger partial charge >= 0.3 is 0 Å². The summed E-state index contributed by atoms with van der Waals surface area (Å²) in [6, 6.07) is 5.95. The van der Waals surface area contributed by atoms with E-state index in [-0.39, 0.29) is 0 Å². The third kappa shape index (κ3) is 3.88. The van der Waals surface area contributed by atoms with E-state index in [1.54, 1.807) is 0 Å². The Morgan fingerprint density at radius 2 is 1.69 bits per heavy atom. The highest BCUT2D eigenvalue weighted by Crippen LogP contribution is 2.24. The van der Waals surface area contributed by atoms with Gasteiger partial charge in [-0.1, -0.05) is 45.2 Å². The maximum Gasteiger partial charge on any atom is 0.119 e. The Bertz CT molecular complexity index is 304. The summed E-state index contributed by atoms with van der Waals surface area (Å²) in [4.78, 5) is 0. The number of hydrogen-bond donors (Lipinski definition) is 1. The quantitative estimate of drug-likeness (QED) is 0.672. The number of unbranched alkanes of at least 4 members (excludes halogenated alkanes) is 3. The molecule has 0 aromatic heterocycles. The van der Waals surface area contributed by atoms with Crippen LogP contribution in [0.5, 0.6) is 5.75 Å². The van der Waals surface area contributed by atoms with Gasteiger partial charge in [0.15, 0.2) is 0 Å². The van der Waals surface area contributed by atoms with Crippen molar-refractivity contribution < 1.29 is 5.11 Å². The van der Waals surface area contributed by atoms with Crippen molar-refractivity contribution in [1.29, 1.82) is 0 Å². The molecule has 0 fully saturated rings. The molecule has 1 aromatic carbocycles. The average molecular weight is 220 g/mol. The minimum absolute atomic E-state index is 0.488. The first kappa shape index (κ1) is 13.1. The molecule has 0 heterocycles. The van der Waals surface area contributed by atoms with Crippen molar-refractivity contribution in [3.05, 3.63) is 29.3 Å². The van der Waals surface area contributed by atoms with Crippen LogP contribution in [0, 0.1) is 0 Å². The molecule has 16 heavy (non-hydrogen) atoms. The van der Waals surface area contributed by atoms with Gasteiger partial charge < -0.3 is 5.11 Å². The van der Waals surface area contributed by atoms with E-state index in [1.165, 1.54) is 43.2 Å². The van der Waals surface area contributed by atoms with E-state index in [2.05, 4.69) is 19.9 Å². The third-order valence-corrected chi connectivity index (χ3v) is 3.08. The standard InChI is InChI=1S/C15H24O/c1-3-5-7-9-13-10-8-12-15(16)14(13)11-6-4-2/h8,10,12,16H,3-7,9,11H2,1-2H3. The van der Waals surface area contributed by atoms with Gasteiger partial charge in [0.05, 0.1) is 0 Å². The Morgan fingerprint density at radius 3 is 2.38 bits per heavy atom. The molecule has 1 aromatic rings. The molecule has 0 bridgehead atoms. The fourth-order valence-electron chi connectivity index (χ4n) is 2.06. The third-order valence-electron chi connectivity index (χ3n) is 3.08. The largest absolute Gasteiger partial charge is 0.508 e. The van der Waals surface area contributed by atoms with Gasteiger partial charge in [-0.2, -0.15) is 0 Å². The van der Waals surface area contributed by atoms with Crippen molar-refractivity contribution in [2.75, 3.05) is 0 Å². The van der Waals surface area contributed by atoms with Crippen LogP contribution in [0.2, 0.25) is 0 Å².